The Labute approximate surface area is 244 Å². The van der Waals surface area contributed by atoms with Crippen LogP contribution in [-0.4, -0.2) is 73.7 Å². The second kappa shape index (κ2) is 11.1. The SMILES string of the molecule is CC(C)n1c(=O)c2cnc(Nc3ccc(N4CC5CC(CN(CCF)C5)C4)cc3)nc2n1-c1cccc(C(C)(C)O)n1. The van der Waals surface area contributed by atoms with Crippen molar-refractivity contribution in [3.8, 4) is 5.82 Å². The van der Waals surface area contributed by atoms with Crippen molar-refractivity contribution in [1.29, 1.82) is 0 Å². The molecule has 42 heavy (non-hydrogen) atoms. The Hall–Kier alpha value is -3.83. The molecule has 6 rings (SSSR count). The van der Waals surface area contributed by atoms with Crippen molar-refractivity contribution in [1.82, 2.24) is 29.2 Å². The number of nitrogens with one attached hydrogen (secondary N) is 1. The van der Waals surface area contributed by atoms with Crippen LogP contribution in [0.4, 0.5) is 21.7 Å². The van der Waals surface area contributed by atoms with E-state index in [1.807, 2.05) is 32.0 Å². The predicted molar refractivity (Wildman–Crippen MR) is 162 cm³/mol. The molecule has 0 aliphatic carbocycles. The first kappa shape index (κ1) is 28.3. The standard InChI is InChI=1S/C31H39FN8O2/c1-20(2)39-29(41)25-15-33-30(36-28(25)40(39)27-7-5-6-26(35-27)31(3,4)42)34-23-8-10-24(11-9-23)38-18-21-14-22(19-38)17-37(16-21)13-12-32/h5-11,15,20-22,42H,12-14,16-19H2,1-4H3,(H,33,34,36). The average molecular weight is 575 g/mol. The Kier molecular flexibility index (Phi) is 7.48. The maximum absolute atomic E-state index is 13.4. The van der Waals surface area contributed by atoms with Gasteiger partial charge in [-0.25, -0.2) is 23.7 Å². The highest BCUT2D eigenvalue weighted by Gasteiger charge is 2.34. The molecule has 2 aliphatic rings. The molecule has 3 aromatic heterocycles. The topological polar surface area (TPSA) is 104 Å². The van der Waals surface area contributed by atoms with Gasteiger partial charge in [-0.3, -0.25) is 4.79 Å². The van der Waals surface area contributed by atoms with Gasteiger partial charge in [0.1, 0.15) is 17.7 Å². The van der Waals surface area contributed by atoms with Crippen LogP contribution in [0, 0.1) is 11.8 Å². The number of hydrogen-bond donors (Lipinski definition) is 2. The van der Waals surface area contributed by atoms with E-state index >= 15 is 0 Å². The molecule has 4 aromatic rings. The minimum absolute atomic E-state index is 0.163. The van der Waals surface area contributed by atoms with E-state index in [2.05, 4.69) is 37.2 Å². The van der Waals surface area contributed by atoms with E-state index in [-0.39, 0.29) is 18.3 Å². The van der Waals surface area contributed by atoms with Crippen LogP contribution in [0.1, 0.15) is 45.9 Å². The number of pyridine rings is 1. The van der Waals surface area contributed by atoms with Crippen LogP contribution >= 0.6 is 0 Å². The van der Waals surface area contributed by atoms with Crippen LogP contribution in [0.3, 0.4) is 0 Å². The lowest BCUT2D eigenvalue weighted by Crippen LogP contribution is -2.53. The van der Waals surface area contributed by atoms with Crippen LogP contribution in [0.25, 0.3) is 16.9 Å². The molecular formula is C31H39FN8O2. The third-order valence-corrected chi connectivity index (χ3v) is 8.24. The summed E-state index contributed by atoms with van der Waals surface area (Å²) in [5, 5.41) is 14.2. The molecule has 5 heterocycles. The van der Waals surface area contributed by atoms with E-state index in [0.29, 0.717) is 46.9 Å². The van der Waals surface area contributed by atoms with Crippen LogP contribution in [-0.2, 0) is 5.60 Å². The number of rotatable bonds is 8. The summed E-state index contributed by atoms with van der Waals surface area (Å²) in [5.41, 5.74) is 1.59. The number of likely N-dealkylation sites (tertiary alicyclic amines) is 1. The van der Waals surface area contributed by atoms with Gasteiger partial charge < -0.3 is 20.2 Å². The molecule has 0 radical (unpaired) electrons. The second-order valence-electron chi connectivity index (χ2n) is 12.4. The first-order valence-electron chi connectivity index (χ1n) is 14.7. The lowest BCUT2D eigenvalue weighted by molar-refractivity contribution is 0.0738. The van der Waals surface area contributed by atoms with Gasteiger partial charge in [-0.05, 0) is 82.3 Å². The number of nitrogens with zero attached hydrogens (tertiary/aromatic N) is 7. The molecular weight excluding hydrogens is 535 g/mol. The Morgan fingerprint density at radius 3 is 2.40 bits per heavy atom. The Balaban J connectivity index is 1.26. The highest BCUT2D eigenvalue weighted by atomic mass is 19.1. The Morgan fingerprint density at radius 1 is 1.05 bits per heavy atom. The number of aliphatic hydroxyl groups is 1. The normalized spacial score (nSPS) is 19.5. The van der Waals surface area contributed by atoms with Crippen LogP contribution in [0.15, 0.2) is 53.5 Å². The van der Waals surface area contributed by atoms with E-state index < -0.39 is 5.60 Å². The molecule has 2 N–H and O–H groups in total. The number of aromatic nitrogens is 5. The Morgan fingerprint density at radius 2 is 1.76 bits per heavy atom. The summed E-state index contributed by atoms with van der Waals surface area (Å²) >= 11 is 0. The lowest BCUT2D eigenvalue weighted by Gasteiger charge is -2.46. The van der Waals surface area contributed by atoms with E-state index in [1.54, 1.807) is 41.5 Å². The van der Waals surface area contributed by atoms with Gasteiger partial charge in [-0.2, -0.15) is 4.98 Å². The molecule has 2 atom stereocenters. The number of alkyl halides is 1. The van der Waals surface area contributed by atoms with Crippen molar-refractivity contribution in [2.24, 2.45) is 11.8 Å². The molecule has 2 aliphatic heterocycles. The van der Waals surface area contributed by atoms with Crippen molar-refractivity contribution < 1.29 is 9.50 Å². The van der Waals surface area contributed by atoms with E-state index in [1.165, 1.54) is 12.1 Å². The largest absolute Gasteiger partial charge is 0.384 e. The maximum atomic E-state index is 13.4. The minimum atomic E-state index is -1.14. The third kappa shape index (κ3) is 5.50. The summed E-state index contributed by atoms with van der Waals surface area (Å²) in [5.74, 6) is 1.99. The first-order chi connectivity index (χ1) is 20.1. The molecule has 2 saturated heterocycles. The van der Waals surface area contributed by atoms with Gasteiger partial charge >= 0.3 is 0 Å². The van der Waals surface area contributed by atoms with Crippen molar-refractivity contribution in [2.75, 3.05) is 49.6 Å². The van der Waals surface area contributed by atoms with Gasteiger partial charge in [0.15, 0.2) is 11.5 Å². The van der Waals surface area contributed by atoms with E-state index in [4.69, 9.17) is 4.98 Å². The number of benzene rings is 1. The summed E-state index contributed by atoms with van der Waals surface area (Å²) in [7, 11) is 0. The molecule has 0 amide bonds. The first-order valence-corrected chi connectivity index (χ1v) is 14.7. The zero-order chi connectivity index (χ0) is 29.6. The zero-order valence-corrected chi connectivity index (χ0v) is 24.7. The zero-order valence-electron chi connectivity index (χ0n) is 24.7. The molecule has 10 nitrogen and oxygen atoms in total. The molecule has 0 spiro atoms. The van der Waals surface area contributed by atoms with Crippen LogP contribution in [0.2, 0.25) is 0 Å². The molecule has 2 fully saturated rings. The molecule has 2 unspecified atom stereocenters. The molecule has 222 valence electrons. The fourth-order valence-electron chi connectivity index (χ4n) is 6.41. The average Bonchev–Trinajstić information content (AvgIpc) is 3.24. The Bertz CT molecular complexity index is 1610. The summed E-state index contributed by atoms with van der Waals surface area (Å²) < 4.78 is 16.2. The molecule has 2 bridgehead atoms. The lowest BCUT2D eigenvalue weighted by atomic mass is 9.84. The fourth-order valence-corrected chi connectivity index (χ4v) is 6.41. The van der Waals surface area contributed by atoms with Crippen molar-refractivity contribution in [2.45, 2.75) is 45.8 Å². The van der Waals surface area contributed by atoms with E-state index in [0.717, 1.165) is 31.9 Å². The van der Waals surface area contributed by atoms with Gasteiger partial charge in [-0.15, -0.1) is 0 Å². The van der Waals surface area contributed by atoms with Crippen molar-refractivity contribution >= 4 is 28.4 Å². The molecule has 0 saturated carbocycles. The monoisotopic (exact) mass is 574 g/mol. The third-order valence-electron chi connectivity index (χ3n) is 8.24. The van der Waals surface area contributed by atoms with Gasteiger partial charge in [0.05, 0.1) is 5.69 Å². The highest BCUT2D eigenvalue weighted by Crippen LogP contribution is 2.32. The van der Waals surface area contributed by atoms with E-state index in [9.17, 15) is 14.3 Å². The highest BCUT2D eigenvalue weighted by molar-refractivity contribution is 5.77. The number of halogens is 1. The second-order valence-corrected chi connectivity index (χ2v) is 12.4. The maximum Gasteiger partial charge on any atom is 0.278 e. The van der Waals surface area contributed by atoms with Crippen molar-refractivity contribution in [3.63, 3.8) is 0 Å². The van der Waals surface area contributed by atoms with Gasteiger partial charge in [-0.1, -0.05) is 6.07 Å². The molecule has 11 heteroatoms. The summed E-state index contributed by atoms with van der Waals surface area (Å²) in [6.45, 7) is 11.4. The summed E-state index contributed by atoms with van der Waals surface area (Å²) in [6.07, 6.45) is 2.77. The minimum Gasteiger partial charge on any atom is -0.384 e. The number of hydrogen-bond acceptors (Lipinski definition) is 8. The smallest absolute Gasteiger partial charge is 0.278 e. The quantitative estimate of drug-likeness (QED) is 0.322. The van der Waals surface area contributed by atoms with Crippen LogP contribution < -0.4 is 15.8 Å². The predicted octanol–water partition coefficient (Wildman–Crippen LogP) is 4.26. The fraction of sp³-hybridized carbons (Fsp3) is 0.484. The number of fused-ring (bicyclic) bond motifs is 3. The number of anilines is 3. The van der Waals surface area contributed by atoms with Gasteiger partial charge in [0.25, 0.3) is 5.56 Å². The van der Waals surface area contributed by atoms with Crippen LogP contribution in [0.5, 0.6) is 0 Å². The summed E-state index contributed by atoms with van der Waals surface area (Å²) in [4.78, 5) is 32.0. The van der Waals surface area contributed by atoms with Gasteiger partial charge in [0.2, 0.25) is 5.95 Å². The number of piperidine rings is 2. The molecule has 1 aromatic carbocycles. The van der Waals surface area contributed by atoms with Gasteiger partial charge in [0, 0.05) is 56.3 Å². The summed E-state index contributed by atoms with van der Waals surface area (Å²) in [6, 6.07) is 13.5. The van der Waals surface area contributed by atoms with Crippen molar-refractivity contribution in [3.05, 3.63) is 64.7 Å².